The number of amides is 1. The Morgan fingerprint density at radius 1 is 1.64 bits per heavy atom. The standard InChI is InChI=1S/C7H13FN2O/c1-9-7-2-6(8)3-10(4-7)5-11/h5-7,9H,2-4H2,1H3/t6-,7?/m0/s1. The van der Waals surface area contributed by atoms with Crippen molar-refractivity contribution in [2.45, 2.75) is 18.6 Å². The van der Waals surface area contributed by atoms with Crippen LogP contribution in [0.3, 0.4) is 0 Å². The summed E-state index contributed by atoms with van der Waals surface area (Å²) in [4.78, 5) is 11.8. The Morgan fingerprint density at radius 3 is 2.91 bits per heavy atom. The number of hydrogen-bond donors (Lipinski definition) is 1. The summed E-state index contributed by atoms with van der Waals surface area (Å²) in [6.45, 7) is 0.877. The van der Waals surface area contributed by atoms with E-state index in [0.29, 0.717) is 19.4 Å². The zero-order chi connectivity index (χ0) is 8.27. The van der Waals surface area contributed by atoms with Crippen LogP contribution in [0.2, 0.25) is 0 Å². The van der Waals surface area contributed by atoms with Gasteiger partial charge < -0.3 is 10.2 Å². The lowest BCUT2D eigenvalue weighted by molar-refractivity contribution is -0.120. The number of carbonyl (C=O) groups is 1. The number of likely N-dealkylation sites (tertiary alicyclic amines) is 1. The SMILES string of the molecule is CNC1C[C@H](F)CN(C=O)C1. The van der Waals surface area contributed by atoms with Crippen LogP contribution < -0.4 is 5.32 Å². The smallest absolute Gasteiger partial charge is 0.209 e. The highest BCUT2D eigenvalue weighted by Gasteiger charge is 2.24. The molecule has 4 heteroatoms. The van der Waals surface area contributed by atoms with Crippen LogP contribution in [0.25, 0.3) is 0 Å². The van der Waals surface area contributed by atoms with Gasteiger partial charge in [-0.2, -0.15) is 0 Å². The van der Waals surface area contributed by atoms with E-state index in [0.717, 1.165) is 0 Å². The van der Waals surface area contributed by atoms with Crippen molar-refractivity contribution in [3.05, 3.63) is 0 Å². The molecule has 1 N–H and O–H groups in total. The summed E-state index contributed by atoms with van der Waals surface area (Å²) in [5.41, 5.74) is 0. The predicted molar refractivity (Wildman–Crippen MR) is 40.0 cm³/mol. The average molecular weight is 160 g/mol. The van der Waals surface area contributed by atoms with Gasteiger partial charge in [-0.05, 0) is 13.5 Å². The molecule has 1 fully saturated rings. The summed E-state index contributed by atoms with van der Waals surface area (Å²) < 4.78 is 12.8. The number of halogens is 1. The molecule has 1 heterocycles. The Balaban J connectivity index is 2.43. The lowest BCUT2D eigenvalue weighted by Gasteiger charge is -2.31. The monoisotopic (exact) mass is 160 g/mol. The average Bonchev–Trinajstić information content (AvgIpc) is 2.03. The highest BCUT2D eigenvalue weighted by atomic mass is 19.1. The Morgan fingerprint density at radius 2 is 2.36 bits per heavy atom. The van der Waals surface area contributed by atoms with Crippen LogP contribution in [0.15, 0.2) is 0 Å². The number of nitrogens with zero attached hydrogens (tertiary/aromatic N) is 1. The van der Waals surface area contributed by atoms with Crippen molar-refractivity contribution >= 4 is 6.41 Å². The summed E-state index contributed by atoms with van der Waals surface area (Å²) in [5.74, 6) is 0. The number of rotatable bonds is 2. The van der Waals surface area contributed by atoms with Gasteiger partial charge in [0.25, 0.3) is 0 Å². The van der Waals surface area contributed by atoms with Gasteiger partial charge in [0, 0.05) is 12.6 Å². The molecule has 0 aromatic heterocycles. The molecule has 3 nitrogen and oxygen atoms in total. The molecule has 0 aromatic carbocycles. The van der Waals surface area contributed by atoms with Crippen LogP contribution in [0, 0.1) is 0 Å². The molecule has 1 rings (SSSR count). The summed E-state index contributed by atoms with van der Waals surface area (Å²) in [6.07, 6.45) is 0.350. The normalized spacial score (nSPS) is 32.0. The first-order chi connectivity index (χ1) is 5.26. The van der Waals surface area contributed by atoms with Crippen molar-refractivity contribution in [2.24, 2.45) is 0 Å². The lowest BCUT2D eigenvalue weighted by atomic mass is 10.1. The van der Waals surface area contributed by atoms with Gasteiger partial charge in [0.15, 0.2) is 0 Å². The zero-order valence-corrected chi connectivity index (χ0v) is 6.59. The molecule has 1 unspecified atom stereocenters. The van der Waals surface area contributed by atoms with Crippen molar-refractivity contribution < 1.29 is 9.18 Å². The van der Waals surface area contributed by atoms with E-state index >= 15 is 0 Å². The van der Waals surface area contributed by atoms with Gasteiger partial charge in [0.1, 0.15) is 6.17 Å². The molecular weight excluding hydrogens is 147 g/mol. The van der Waals surface area contributed by atoms with Crippen LogP contribution in [-0.4, -0.2) is 43.7 Å². The van der Waals surface area contributed by atoms with Crippen molar-refractivity contribution in [2.75, 3.05) is 20.1 Å². The maximum Gasteiger partial charge on any atom is 0.209 e. The lowest BCUT2D eigenvalue weighted by Crippen LogP contribution is -2.48. The minimum absolute atomic E-state index is 0.115. The Labute approximate surface area is 65.6 Å². The molecule has 64 valence electrons. The molecule has 0 saturated carbocycles. The number of hydrogen-bond acceptors (Lipinski definition) is 2. The number of alkyl halides is 1. The number of nitrogens with one attached hydrogen (secondary N) is 1. The largest absolute Gasteiger partial charge is 0.341 e. The van der Waals surface area contributed by atoms with E-state index in [1.165, 1.54) is 4.90 Å². The van der Waals surface area contributed by atoms with Crippen LogP contribution in [0.4, 0.5) is 4.39 Å². The highest BCUT2D eigenvalue weighted by molar-refractivity contribution is 5.47. The Bertz CT molecular complexity index is 142. The molecule has 1 aliphatic rings. The third-order valence-electron chi connectivity index (χ3n) is 1.99. The predicted octanol–water partition coefficient (Wildman–Crippen LogP) is -0.225. The van der Waals surface area contributed by atoms with Gasteiger partial charge in [-0.25, -0.2) is 4.39 Å². The first kappa shape index (κ1) is 8.46. The van der Waals surface area contributed by atoms with E-state index in [9.17, 15) is 9.18 Å². The molecule has 0 spiro atoms. The van der Waals surface area contributed by atoms with Crippen molar-refractivity contribution in [3.63, 3.8) is 0 Å². The Kier molecular flexibility index (Phi) is 2.82. The molecule has 1 saturated heterocycles. The number of carbonyl (C=O) groups excluding carboxylic acids is 1. The van der Waals surface area contributed by atoms with E-state index in [4.69, 9.17) is 0 Å². The summed E-state index contributed by atoms with van der Waals surface area (Å²) in [7, 11) is 1.78. The zero-order valence-electron chi connectivity index (χ0n) is 6.59. The number of piperidine rings is 1. The van der Waals surface area contributed by atoms with E-state index in [1.807, 2.05) is 0 Å². The Hall–Kier alpha value is -0.640. The minimum Gasteiger partial charge on any atom is -0.341 e. The van der Waals surface area contributed by atoms with E-state index in [-0.39, 0.29) is 12.6 Å². The molecule has 0 aliphatic carbocycles. The number of likely N-dealkylation sites (N-methyl/N-ethyl adjacent to an activating group) is 1. The van der Waals surface area contributed by atoms with Crippen LogP contribution >= 0.6 is 0 Å². The first-order valence-electron chi connectivity index (χ1n) is 3.77. The second kappa shape index (κ2) is 3.67. The van der Waals surface area contributed by atoms with E-state index < -0.39 is 6.17 Å². The maximum absolute atomic E-state index is 12.8. The van der Waals surface area contributed by atoms with Crippen LogP contribution in [-0.2, 0) is 4.79 Å². The third kappa shape index (κ3) is 2.15. The van der Waals surface area contributed by atoms with Crippen molar-refractivity contribution in [3.8, 4) is 0 Å². The molecule has 0 bridgehead atoms. The molecule has 0 aromatic rings. The molecule has 11 heavy (non-hydrogen) atoms. The fourth-order valence-electron chi connectivity index (χ4n) is 1.37. The highest BCUT2D eigenvalue weighted by Crippen LogP contribution is 2.11. The van der Waals surface area contributed by atoms with Gasteiger partial charge in [0.05, 0.1) is 6.54 Å². The second-order valence-electron chi connectivity index (χ2n) is 2.88. The van der Waals surface area contributed by atoms with E-state index in [1.54, 1.807) is 7.05 Å². The molecular formula is C7H13FN2O. The molecule has 1 amide bonds. The fourth-order valence-corrected chi connectivity index (χ4v) is 1.37. The van der Waals surface area contributed by atoms with Gasteiger partial charge in [0.2, 0.25) is 6.41 Å². The first-order valence-corrected chi connectivity index (χ1v) is 3.77. The maximum atomic E-state index is 12.8. The summed E-state index contributed by atoms with van der Waals surface area (Å²) >= 11 is 0. The minimum atomic E-state index is -0.869. The fraction of sp³-hybridized carbons (Fsp3) is 0.857. The molecule has 2 atom stereocenters. The second-order valence-corrected chi connectivity index (χ2v) is 2.88. The quantitative estimate of drug-likeness (QED) is 0.566. The van der Waals surface area contributed by atoms with Gasteiger partial charge >= 0.3 is 0 Å². The van der Waals surface area contributed by atoms with Crippen molar-refractivity contribution in [1.29, 1.82) is 0 Å². The topological polar surface area (TPSA) is 32.3 Å². The molecule has 0 radical (unpaired) electrons. The van der Waals surface area contributed by atoms with Crippen LogP contribution in [0.1, 0.15) is 6.42 Å². The van der Waals surface area contributed by atoms with Gasteiger partial charge in [-0.3, -0.25) is 4.79 Å². The third-order valence-corrected chi connectivity index (χ3v) is 1.99. The van der Waals surface area contributed by atoms with Crippen LogP contribution in [0.5, 0.6) is 0 Å². The summed E-state index contributed by atoms with van der Waals surface area (Å²) in [6, 6.07) is 0.115. The van der Waals surface area contributed by atoms with Gasteiger partial charge in [-0.1, -0.05) is 0 Å². The summed E-state index contributed by atoms with van der Waals surface area (Å²) in [5, 5.41) is 2.96. The van der Waals surface area contributed by atoms with E-state index in [2.05, 4.69) is 5.32 Å². The van der Waals surface area contributed by atoms with Gasteiger partial charge in [-0.15, -0.1) is 0 Å². The molecule has 1 aliphatic heterocycles. The van der Waals surface area contributed by atoms with Crippen molar-refractivity contribution in [1.82, 2.24) is 10.2 Å².